The lowest BCUT2D eigenvalue weighted by Crippen LogP contribution is -2.49. The molecule has 0 radical (unpaired) electrons. The van der Waals surface area contributed by atoms with E-state index >= 15 is 0 Å². The highest BCUT2D eigenvalue weighted by molar-refractivity contribution is 5.94. The first kappa shape index (κ1) is 14.8. The van der Waals surface area contributed by atoms with Crippen LogP contribution in [-0.4, -0.2) is 44.1 Å². The number of ether oxygens (including phenoxy) is 1. The zero-order chi connectivity index (χ0) is 13.0. The van der Waals surface area contributed by atoms with Crippen molar-refractivity contribution in [1.29, 1.82) is 0 Å². The second kappa shape index (κ2) is 5.19. The number of carbonyl (C=O) groups is 2. The molecule has 1 unspecified atom stereocenters. The third-order valence-electron chi connectivity index (χ3n) is 1.54. The monoisotopic (exact) mass is 249 g/mol. The van der Waals surface area contributed by atoms with Gasteiger partial charge in [0.25, 0.3) is 5.91 Å². The van der Waals surface area contributed by atoms with Crippen molar-refractivity contribution in [3.8, 4) is 0 Å². The van der Waals surface area contributed by atoms with Crippen molar-refractivity contribution in [3.05, 3.63) is 0 Å². The molecule has 1 amide bonds. The van der Waals surface area contributed by atoms with Crippen LogP contribution in [0.1, 0.15) is 0 Å². The zero-order valence-corrected chi connectivity index (χ0v) is 7.98. The summed E-state index contributed by atoms with van der Waals surface area (Å²) in [6, 6.07) is 0. The quantitative estimate of drug-likeness (QED) is 0.439. The lowest BCUT2D eigenvalue weighted by atomic mass is 10.3. The topological polar surface area (TPSA) is 55.4 Å². The molecule has 0 rings (SSSR count). The smallest absolute Gasteiger partial charge is 0.364 e. The molecule has 0 aliphatic rings. The van der Waals surface area contributed by atoms with Crippen molar-refractivity contribution in [2.24, 2.45) is 0 Å². The fraction of sp³-hybridized carbons (Fsp3) is 0.714. The van der Waals surface area contributed by atoms with Gasteiger partial charge in [-0.2, -0.15) is 22.0 Å². The van der Waals surface area contributed by atoms with E-state index in [1.54, 1.807) is 0 Å². The molecule has 94 valence electrons. The van der Waals surface area contributed by atoms with Crippen molar-refractivity contribution in [3.63, 3.8) is 0 Å². The summed E-state index contributed by atoms with van der Waals surface area (Å²) in [5.41, 5.74) is 0. The van der Waals surface area contributed by atoms with E-state index in [-0.39, 0.29) is 6.29 Å². The highest BCUT2D eigenvalue weighted by Crippen LogP contribution is 2.34. The summed E-state index contributed by atoms with van der Waals surface area (Å²) in [7, 11) is 0.931. The van der Waals surface area contributed by atoms with Gasteiger partial charge in [0.1, 0.15) is 0 Å². The Bertz CT molecular complexity index is 265. The predicted molar refractivity (Wildman–Crippen MR) is 40.9 cm³/mol. The van der Waals surface area contributed by atoms with Gasteiger partial charge in [0, 0.05) is 7.11 Å². The zero-order valence-electron chi connectivity index (χ0n) is 7.98. The van der Waals surface area contributed by atoms with Gasteiger partial charge in [0.2, 0.25) is 0 Å². The number of amides is 1. The van der Waals surface area contributed by atoms with Crippen molar-refractivity contribution < 1.29 is 36.3 Å². The number of rotatable bonds is 5. The number of carbonyl (C=O) groups excluding carboxylic acids is 2. The van der Waals surface area contributed by atoms with Gasteiger partial charge >= 0.3 is 12.1 Å². The van der Waals surface area contributed by atoms with Gasteiger partial charge in [-0.15, -0.1) is 0 Å². The van der Waals surface area contributed by atoms with Crippen LogP contribution in [0.3, 0.4) is 0 Å². The normalized spacial score (nSPS) is 14.4. The van der Waals surface area contributed by atoms with Gasteiger partial charge in [-0.25, -0.2) is 0 Å². The molecule has 0 bridgehead atoms. The Morgan fingerprint density at radius 3 is 2.19 bits per heavy atom. The van der Waals surface area contributed by atoms with E-state index in [0.29, 0.717) is 0 Å². The number of aldehydes is 1. The molecule has 0 spiro atoms. The number of hydrogen-bond acceptors (Lipinski definition) is 3. The van der Waals surface area contributed by atoms with Crippen molar-refractivity contribution >= 4 is 12.2 Å². The van der Waals surface area contributed by atoms with Crippen LogP contribution in [0.15, 0.2) is 0 Å². The van der Waals surface area contributed by atoms with Crippen LogP contribution < -0.4 is 5.32 Å². The maximum absolute atomic E-state index is 12.3. The fourth-order valence-corrected chi connectivity index (χ4v) is 0.623. The maximum Gasteiger partial charge on any atom is 0.455 e. The van der Waals surface area contributed by atoms with Crippen LogP contribution in [0.5, 0.6) is 0 Å². The molecule has 0 aromatic heterocycles. The number of methoxy groups -OCH3 is 1. The van der Waals surface area contributed by atoms with Crippen molar-refractivity contribution in [1.82, 2.24) is 5.32 Å². The van der Waals surface area contributed by atoms with E-state index < -0.39 is 30.7 Å². The minimum absolute atomic E-state index is 0.0267. The molecule has 0 saturated carbocycles. The van der Waals surface area contributed by atoms with Crippen LogP contribution in [0.2, 0.25) is 0 Å². The molecule has 0 fully saturated rings. The lowest BCUT2D eigenvalue weighted by Gasteiger charge is -2.20. The Morgan fingerprint density at radius 2 is 1.88 bits per heavy atom. The summed E-state index contributed by atoms with van der Waals surface area (Å²) in [6.45, 7) is -1.94. The number of alkyl halides is 5. The van der Waals surface area contributed by atoms with Crippen molar-refractivity contribution in [2.75, 3.05) is 13.7 Å². The van der Waals surface area contributed by atoms with E-state index in [1.165, 1.54) is 5.32 Å². The van der Waals surface area contributed by atoms with E-state index in [4.69, 9.17) is 0 Å². The summed E-state index contributed by atoms with van der Waals surface area (Å²) in [5.74, 6) is -6.41. The van der Waals surface area contributed by atoms with Crippen LogP contribution in [0.4, 0.5) is 22.0 Å². The van der Waals surface area contributed by atoms with E-state index in [9.17, 15) is 31.5 Å². The Balaban J connectivity index is 4.35. The highest BCUT2D eigenvalue weighted by Gasteiger charge is 2.57. The molecule has 0 aliphatic carbocycles. The highest BCUT2D eigenvalue weighted by atomic mass is 19.4. The second-order valence-electron chi connectivity index (χ2n) is 2.71. The molecule has 0 aliphatic heterocycles. The minimum atomic E-state index is -5.76. The summed E-state index contributed by atoms with van der Waals surface area (Å²) in [6.07, 6.45) is -7.49. The third kappa shape index (κ3) is 3.72. The van der Waals surface area contributed by atoms with Gasteiger partial charge < -0.3 is 10.1 Å². The Hall–Kier alpha value is -1.25. The largest absolute Gasteiger partial charge is 0.455 e. The van der Waals surface area contributed by atoms with Gasteiger partial charge in [0.05, 0.1) is 6.54 Å². The molecule has 1 N–H and O–H groups in total. The van der Waals surface area contributed by atoms with Crippen LogP contribution >= 0.6 is 0 Å². The predicted octanol–water partition coefficient (Wildman–Crippen LogP) is 0.514. The Kier molecular flexibility index (Phi) is 4.79. The molecule has 9 heteroatoms. The first-order valence-corrected chi connectivity index (χ1v) is 3.86. The Labute approximate surface area is 86.7 Å². The number of nitrogens with one attached hydrogen (secondary N) is 1. The van der Waals surface area contributed by atoms with Gasteiger partial charge in [-0.3, -0.25) is 9.59 Å². The van der Waals surface area contributed by atoms with E-state index in [2.05, 4.69) is 4.74 Å². The number of halogens is 5. The Morgan fingerprint density at radius 1 is 1.38 bits per heavy atom. The minimum Gasteiger partial charge on any atom is -0.364 e. The van der Waals surface area contributed by atoms with Gasteiger partial charge in [0.15, 0.2) is 12.4 Å². The molecule has 4 nitrogen and oxygen atoms in total. The van der Waals surface area contributed by atoms with E-state index in [0.717, 1.165) is 7.11 Å². The van der Waals surface area contributed by atoms with Crippen LogP contribution in [-0.2, 0) is 14.3 Å². The SMILES string of the molecule is COC(C=O)C(=O)NCC(F)(F)C(F)(F)F. The van der Waals surface area contributed by atoms with Crippen molar-refractivity contribution in [2.45, 2.75) is 18.2 Å². The molecule has 0 aromatic rings. The van der Waals surface area contributed by atoms with Gasteiger partial charge in [-0.05, 0) is 0 Å². The van der Waals surface area contributed by atoms with Crippen LogP contribution in [0.25, 0.3) is 0 Å². The average Bonchev–Trinajstić information content (AvgIpc) is 2.15. The standard InChI is InChI=1S/C7H8F5NO3/c1-16-4(2-14)5(15)13-3-6(8,9)7(10,11)12/h2,4H,3H2,1H3,(H,13,15). The molecular formula is C7H8F5NO3. The van der Waals surface area contributed by atoms with Gasteiger partial charge in [-0.1, -0.05) is 0 Å². The molecule has 16 heavy (non-hydrogen) atoms. The molecule has 0 aromatic carbocycles. The number of hydrogen-bond donors (Lipinski definition) is 1. The first-order valence-electron chi connectivity index (χ1n) is 3.86. The van der Waals surface area contributed by atoms with Crippen LogP contribution in [0, 0.1) is 0 Å². The average molecular weight is 249 g/mol. The summed E-state index contributed by atoms with van der Waals surface area (Å²) in [5, 5.41) is 1.27. The summed E-state index contributed by atoms with van der Waals surface area (Å²) in [4.78, 5) is 20.9. The molecule has 0 saturated heterocycles. The summed E-state index contributed by atoms with van der Waals surface area (Å²) >= 11 is 0. The third-order valence-corrected chi connectivity index (χ3v) is 1.54. The van der Waals surface area contributed by atoms with E-state index in [1.807, 2.05) is 0 Å². The second-order valence-corrected chi connectivity index (χ2v) is 2.71. The molecule has 0 heterocycles. The lowest BCUT2D eigenvalue weighted by molar-refractivity contribution is -0.278. The summed E-state index contributed by atoms with van der Waals surface area (Å²) < 4.78 is 63.7. The fourth-order valence-electron chi connectivity index (χ4n) is 0.623. The maximum atomic E-state index is 12.3. The molecular weight excluding hydrogens is 241 g/mol. The molecule has 1 atom stereocenters. The first-order chi connectivity index (χ1) is 7.15.